The van der Waals surface area contributed by atoms with E-state index in [-0.39, 0.29) is 18.4 Å². The molecule has 1 amide bonds. The highest BCUT2D eigenvalue weighted by atomic mass is 16.6. The molecule has 142 valence electrons. The maximum absolute atomic E-state index is 12.2. The molecule has 2 aromatic carbocycles. The number of nitrogens with zero attached hydrogens (tertiary/aromatic N) is 2. The van der Waals surface area contributed by atoms with Gasteiger partial charge in [-0.2, -0.15) is 5.01 Å². The van der Waals surface area contributed by atoms with Crippen LogP contribution in [0.3, 0.4) is 0 Å². The predicted molar refractivity (Wildman–Crippen MR) is 99.9 cm³/mol. The fraction of sp³-hybridized carbons (Fsp3) is 0.350. The lowest BCUT2D eigenvalue weighted by Gasteiger charge is -2.13. The molecule has 0 heterocycles. The number of carbonyl (C=O) groups is 1. The van der Waals surface area contributed by atoms with Crippen LogP contribution in [0.1, 0.15) is 29.9 Å². The third-order valence-corrected chi connectivity index (χ3v) is 4.81. The van der Waals surface area contributed by atoms with Crippen molar-refractivity contribution in [2.45, 2.75) is 24.8 Å². The molecule has 0 spiro atoms. The van der Waals surface area contributed by atoms with Gasteiger partial charge in [-0.15, -0.1) is 4.91 Å². The van der Waals surface area contributed by atoms with Crippen LogP contribution in [-0.2, 0) is 4.74 Å². The molecule has 27 heavy (non-hydrogen) atoms. The zero-order chi connectivity index (χ0) is 19.4. The highest BCUT2D eigenvalue weighted by Gasteiger charge is 2.58. The van der Waals surface area contributed by atoms with Crippen LogP contribution < -0.4 is 9.47 Å². The van der Waals surface area contributed by atoms with Crippen LogP contribution in [0.5, 0.6) is 11.5 Å². The van der Waals surface area contributed by atoms with Crippen molar-refractivity contribution in [1.82, 2.24) is 5.01 Å². The summed E-state index contributed by atoms with van der Waals surface area (Å²) in [6.45, 7) is 1.87. The number of nitroso groups, excluding NO2 is 1. The summed E-state index contributed by atoms with van der Waals surface area (Å²) < 4.78 is 15.4. The molecular weight excluding hydrogens is 348 g/mol. The first-order valence-electron chi connectivity index (χ1n) is 8.71. The van der Waals surface area contributed by atoms with Crippen LogP contribution >= 0.6 is 0 Å². The van der Waals surface area contributed by atoms with Crippen molar-refractivity contribution in [3.05, 3.63) is 64.6 Å². The van der Waals surface area contributed by atoms with Gasteiger partial charge in [0.2, 0.25) is 0 Å². The van der Waals surface area contributed by atoms with Gasteiger partial charge < -0.3 is 14.2 Å². The summed E-state index contributed by atoms with van der Waals surface area (Å²) in [5.74, 6) is 1.36. The van der Waals surface area contributed by atoms with Crippen molar-refractivity contribution in [3.8, 4) is 11.5 Å². The van der Waals surface area contributed by atoms with E-state index in [0.29, 0.717) is 0 Å². The molecule has 0 N–H and O–H groups in total. The Labute approximate surface area is 157 Å². The fourth-order valence-electron chi connectivity index (χ4n) is 3.46. The van der Waals surface area contributed by atoms with E-state index in [0.717, 1.165) is 27.6 Å². The van der Waals surface area contributed by atoms with Crippen molar-refractivity contribution in [3.63, 3.8) is 0 Å². The minimum atomic E-state index is -0.730. The first-order valence-corrected chi connectivity index (χ1v) is 8.71. The Morgan fingerprint density at radius 1 is 0.926 bits per heavy atom. The van der Waals surface area contributed by atoms with Gasteiger partial charge in [-0.3, -0.25) is 0 Å². The molecule has 1 aliphatic rings. The Morgan fingerprint density at radius 2 is 1.37 bits per heavy atom. The Balaban J connectivity index is 1.92. The number of ether oxygens (including phenoxy) is 3. The largest absolute Gasteiger partial charge is 0.497 e. The summed E-state index contributed by atoms with van der Waals surface area (Å²) in [4.78, 5) is 23.6. The van der Waals surface area contributed by atoms with Gasteiger partial charge in [-0.25, -0.2) is 4.79 Å². The van der Waals surface area contributed by atoms with E-state index >= 15 is 0 Å². The molecular formula is C20H22N2O5. The molecule has 0 bridgehead atoms. The molecule has 1 aliphatic carbocycles. The van der Waals surface area contributed by atoms with E-state index in [2.05, 4.69) is 5.29 Å². The first kappa shape index (κ1) is 18.7. The monoisotopic (exact) mass is 370 g/mol. The summed E-state index contributed by atoms with van der Waals surface area (Å²) in [5.41, 5.74) is 2.00. The average molecular weight is 370 g/mol. The number of carbonyl (C=O) groups excluding carboxylic acids is 1. The standard InChI is InChI=1S/C20H22N2O5/c1-4-27-20(23)22(21-24)19-17(13-5-9-15(25-2)10-6-13)18(19)14-7-11-16(26-3)12-8-14/h5-12,17-19H,4H2,1-3H3/t17-,18-/m0/s1. The maximum Gasteiger partial charge on any atom is 0.433 e. The Morgan fingerprint density at radius 3 is 1.70 bits per heavy atom. The second kappa shape index (κ2) is 8.07. The van der Waals surface area contributed by atoms with Gasteiger partial charge in [0.15, 0.2) is 0 Å². The van der Waals surface area contributed by atoms with Crippen LogP contribution in [0, 0.1) is 4.91 Å². The van der Waals surface area contributed by atoms with Crippen molar-refractivity contribution in [2.75, 3.05) is 20.8 Å². The van der Waals surface area contributed by atoms with Gasteiger partial charge in [0.05, 0.1) is 32.2 Å². The number of hydrogen-bond acceptors (Lipinski definition) is 6. The molecule has 1 fully saturated rings. The SMILES string of the molecule is CCOC(=O)N(N=O)C1[C@@H](c2ccc(OC)cc2)[C@@H]1c1ccc(OC)cc1. The Hall–Kier alpha value is -3.09. The summed E-state index contributed by atoms with van der Waals surface area (Å²) in [7, 11) is 3.21. The number of methoxy groups -OCH3 is 2. The molecule has 2 atom stereocenters. The third-order valence-electron chi connectivity index (χ3n) is 4.81. The van der Waals surface area contributed by atoms with Crippen molar-refractivity contribution in [1.29, 1.82) is 0 Å². The normalized spacial score (nSPS) is 20.5. The topological polar surface area (TPSA) is 77.4 Å². The van der Waals surface area contributed by atoms with E-state index in [1.165, 1.54) is 0 Å². The van der Waals surface area contributed by atoms with Gasteiger partial charge in [-0.05, 0) is 42.3 Å². The van der Waals surface area contributed by atoms with Crippen molar-refractivity contribution >= 4 is 6.09 Å². The highest BCUT2D eigenvalue weighted by molar-refractivity contribution is 5.69. The highest BCUT2D eigenvalue weighted by Crippen LogP contribution is 2.58. The zero-order valence-electron chi connectivity index (χ0n) is 15.5. The van der Waals surface area contributed by atoms with Crippen LogP contribution in [0.4, 0.5) is 4.79 Å². The number of hydrogen-bond donors (Lipinski definition) is 0. The van der Waals surface area contributed by atoms with Crippen molar-refractivity contribution < 1.29 is 19.0 Å². The molecule has 1 saturated carbocycles. The molecule has 0 aliphatic heterocycles. The smallest absolute Gasteiger partial charge is 0.433 e. The predicted octanol–water partition coefficient (Wildman–Crippen LogP) is 4.09. The summed E-state index contributed by atoms with van der Waals surface area (Å²) >= 11 is 0. The van der Waals surface area contributed by atoms with Crippen molar-refractivity contribution in [2.24, 2.45) is 5.29 Å². The lowest BCUT2D eigenvalue weighted by atomic mass is 10.0. The van der Waals surface area contributed by atoms with Gasteiger partial charge in [0, 0.05) is 11.8 Å². The maximum atomic E-state index is 12.2. The van der Waals surface area contributed by atoms with Crippen LogP contribution in [0.2, 0.25) is 0 Å². The van der Waals surface area contributed by atoms with Gasteiger partial charge in [-0.1, -0.05) is 24.3 Å². The second-order valence-electron chi connectivity index (χ2n) is 6.21. The molecule has 0 unspecified atom stereocenters. The second-order valence-corrected chi connectivity index (χ2v) is 6.21. The lowest BCUT2D eigenvalue weighted by molar-refractivity contribution is 0.103. The first-order chi connectivity index (χ1) is 13.1. The fourth-order valence-corrected chi connectivity index (χ4v) is 3.46. The summed E-state index contributed by atoms with van der Waals surface area (Å²) in [6, 6.07) is 14.8. The van der Waals surface area contributed by atoms with Gasteiger partial charge >= 0.3 is 6.09 Å². The molecule has 0 radical (unpaired) electrons. The van der Waals surface area contributed by atoms with E-state index in [1.54, 1.807) is 21.1 Å². The quantitative estimate of drug-likeness (QED) is 0.542. The van der Waals surface area contributed by atoms with E-state index in [9.17, 15) is 9.70 Å². The molecule has 0 aromatic heterocycles. The number of benzene rings is 2. The summed E-state index contributed by atoms with van der Waals surface area (Å²) in [5, 5.41) is 3.86. The van der Waals surface area contributed by atoms with E-state index < -0.39 is 12.1 Å². The van der Waals surface area contributed by atoms with E-state index in [1.807, 2.05) is 48.5 Å². The van der Waals surface area contributed by atoms with E-state index in [4.69, 9.17) is 14.2 Å². The molecule has 7 nitrogen and oxygen atoms in total. The molecule has 3 rings (SSSR count). The average Bonchev–Trinajstić information content (AvgIpc) is 3.44. The Kier molecular flexibility index (Phi) is 5.59. The van der Waals surface area contributed by atoms with Crippen LogP contribution in [0.25, 0.3) is 0 Å². The van der Waals surface area contributed by atoms with Gasteiger partial charge in [0.1, 0.15) is 11.5 Å². The third kappa shape index (κ3) is 3.72. The Bertz CT molecular complexity index is 738. The summed E-state index contributed by atoms with van der Waals surface area (Å²) in [6.07, 6.45) is -0.730. The number of amides is 1. The minimum absolute atomic E-state index is 0.0635. The number of rotatable bonds is 7. The van der Waals surface area contributed by atoms with Gasteiger partial charge in [0.25, 0.3) is 0 Å². The van der Waals surface area contributed by atoms with Crippen LogP contribution in [0.15, 0.2) is 53.8 Å². The lowest BCUT2D eigenvalue weighted by Crippen LogP contribution is -2.29. The zero-order valence-corrected chi connectivity index (χ0v) is 15.5. The molecule has 2 aromatic rings. The molecule has 7 heteroatoms. The molecule has 0 saturated heterocycles. The minimum Gasteiger partial charge on any atom is -0.497 e. The van der Waals surface area contributed by atoms with Crippen LogP contribution in [-0.4, -0.2) is 38.0 Å².